The molecule has 0 saturated heterocycles. The lowest BCUT2D eigenvalue weighted by molar-refractivity contribution is 0.259. The van der Waals surface area contributed by atoms with E-state index in [0.717, 1.165) is 11.6 Å². The number of rotatable bonds is 5. The van der Waals surface area contributed by atoms with E-state index >= 15 is 0 Å². The predicted octanol–water partition coefficient (Wildman–Crippen LogP) is 1.22. The molecule has 0 saturated carbocycles. The van der Waals surface area contributed by atoms with Crippen molar-refractivity contribution >= 4 is 22.9 Å². The average molecular weight is 222 g/mol. The number of halogens is 1. The van der Waals surface area contributed by atoms with Crippen LogP contribution in [0.4, 0.5) is 0 Å². The second-order valence-corrected chi connectivity index (χ2v) is 4.04. The molecule has 0 bridgehead atoms. The van der Waals surface area contributed by atoms with Crippen molar-refractivity contribution in [3.63, 3.8) is 0 Å². The van der Waals surface area contributed by atoms with Gasteiger partial charge in [0.25, 0.3) is 5.19 Å². The largest absolute Gasteiger partial charge is 0.468 e. The first-order chi connectivity index (χ1) is 6.22. The lowest BCUT2D eigenvalue weighted by atomic mass is 10.6. The Morgan fingerprint density at radius 3 is 2.77 bits per heavy atom. The first-order valence-electron chi connectivity index (χ1n) is 3.88. The van der Waals surface area contributed by atoms with E-state index in [4.69, 9.17) is 16.3 Å². The Bertz CT molecular complexity index is 254. The molecule has 1 rings (SSSR count). The van der Waals surface area contributed by atoms with E-state index in [1.54, 1.807) is 0 Å². The van der Waals surface area contributed by atoms with Gasteiger partial charge < -0.3 is 9.64 Å². The van der Waals surface area contributed by atoms with E-state index in [1.165, 1.54) is 11.3 Å². The SMILES string of the molecule is CN(C)CCOc1nnc(CCl)s1. The predicted molar refractivity (Wildman–Crippen MR) is 53.5 cm³/mol. The molecule has 0 atom stereocenters. The molecule has 1 aromatic heterocycles. The van der Waals surface area contributed by atoms with Gasteiger partial charge in [-0.25, -0.2) is 0 Å². The summed E-state index contributed by atoms with van der Waals surface area (Å²) in [4.78, 5) is 2.05. The molecule has 0 fully saturated rings. The number of alkyl halides is 1. The quantitative estimate of drug-likeness (QED) is 0.701. The van der Waals surface area contributed by atoms with Crippen molar-refractivity contribution in [2.45, 2.75) is 5.88 Å². The van der Waals surface area contributed by atoms with Crippen molar-refractivity contribution in [3.05, 3.63) is 5.01 Å². The number of likely N-dealkylation sites (N-methyl/N-ethyl adjacent to an activating group) is 1. The Morgan fingerprint density at radius 2 is 2.23 bits per heavy atom. The van der Waals surface area contributed by atoms with Crippen LogP contribution in [0.25, 0.3) is 0 Å². The maximum absolute atomic E-state index is 5.57. The average Bonchev–Trinajstić information content (AvgIpc) is 2.52. The number of aromatic nitrogens is 2. The molecule has 0 aliphatic heterocycles. The third-order valence-electron chi connectivity index (χ3n) is 1.33. The summed E-state index contributed by atoms with van der Waals surface area (Å²) in [6, 6.07) is 0. The molecule has 0 unspecified atom stereocenters. The normalized spacial score (nSPS) is 10.8. The second-order valence-electron chi connectivity index (χ2n) is 2.75. The smallest absolute Gasteiger partial charge is 0.294 e. The molecule has 4 nitrogen and oxygen atoms in total. The Kier molecular flexibility index (Phi) is 4.41. The van der Waals surface area contributed by atoms with Gasteiger partial charge in [0.2, 0.25) is 0 Å². The topological polar surface area (TPSA) is 38.2 Å². The van der Waals surface area contributed by atoms with Crippen molar-refractivity contribution in [3.8, 4) is 5.19 Å². The van der Waals surface area contributed by atoms with Gasteiger partial charge in [-0.05, 0) is 14.1 Å². The van der Waals surface area contributed by atoms with E-state index in [9.17, 15) is 0 Å². The summed E-state index contributed by atoms with van der Waals surface area (Å²) >= 11 is 6.96. The van der Waals surface area contributed by atoms with Crippen LogP contribution in [0.1, 0.15) is 5.01 Å². The second kappa shape index (κ2) is 5.36. The molecule has 0 spiro atoms. The van der Waals surface area contributed by atoms with Gasteiger partial charge >= 0.3 is 0 Å². The Labute approximate surface area is 86.5 Å². The van der Waals surface area contributed by atoms with Crippen LogP contribution >= 0.6 is 22.9 Å². The summed E-state index contributed by atoms with van der Waals surface area (Å²) in [5, 5.41) is 9.05. The number of hydrogen-bond donors (Lipinski definition) is 0. The highest BCUT2D eigenvalue weighted by atomic mass is 35.5. The van der Waals surface area contributed by atoms with Gasteiger partial charge in [0.15, 0.2) is 0 Å². The third kappa shape index (κ3) is 3.89. The summed E-state index contributed by atoms with van der Waals surface area (Å²) in [5.74, 6) is 0.398. The van der Waals surface area contributed by atoms with Crippen LogP contribution < -0.4 is 4.74 Å². The first-order valence-corrected chi connectivity index (χ1v) is 5.23. The minimum atomic E-state index is 0.398. The number of hydrogen-bond acceptors (Lipinski definition) is 5. The fourth-order valence-electron chi connectivity index (χ4n) is 0.666. The van der Waals surface area contributed by atoms with Gasteiger partial charge in [-0.15, -0.1) is 21.8 Å². The van der Waals surface area contributed by atoms with E-state index < -0.39 is 0 Å². The molecule has 0 aliphatic rings. The van der Waals surface area contributed by atoms with Gasteiger partial charge in [0.05, 0.1) is 5.88 Å². The van der Waals surface area contributed by atoms with Crippen molar-refractivity contribution in [1.29, 1.82) is 0 Å². The highest BCUT2D eigenvalue weighted by molar-refractivity contribution is 7.13. The highest BCUT2D eigenvalue weighted by Crippen LogP contribution is 2.18. The standard InChI is InChI=1S/C7H12ClN3OS/c1-11(2)3-4-12-7-10-9-6(5-8)13-7/h3-5H2,1-2H3. The zero-order valence-electron chi connectivity index (χ0n) is 7.66. The van der Waals surface area contributed by atoms with E-state index in [1.807, 2.05) is 19.0 Å². The summed E-state index contributed by atoms with van der Waals surface area (Å²) in [7, 11) is 3.99. The Morgan fingerprint density at radius 1 is 1.46 bits per heavy atom. The van der Waals surface area contributed by atoms with Gasteiger partial charge in [0.1, 0.15) is 11.6 Å². The van der Waals surface area contributed by atoms with Crippen molar-refractivity contribution in [2.24, 2.45) is 0 Å². The molecule has 0 aromatic carbocycles. The Balaban J connectivity index is 2.28. The maximum atomic E-state index is 5.57. The lowest BCUT2D eigenvalue weighted by Gasteiger charge is -2.08. The number of nitrogens with zero attached hydrogens (tertiary/aromatic N) is 3. The molecule has 0 aliphatic carbocycles. The molecule has 6 heteroatoms. The molecule has 0 N–H and O–H groups in total. The minimum absolute atomic E-state index is 0.398. The molecule has 0 radical (unpaired) electrons. The van der Waals surface area contributed by atoms with Crippen molar-refractivity contribution < 1.29 is 4.74 Å². The van der Waals surface area contributed by atoms with E-state index in [-0.39, 0.29) is 0 Å². The van der Waals surface area contributed by atoms with Crippen LogP contribution in [0.5, 0.6) is 5.19 Å². The summed E-state index contributed by atoms with van der Waals surface area (Å²) in [5.41, 5.74) is 0. The molecule has 0 amide bonds. The minimum Gasteiger partial charge on any atom is -0.468 e. The van der Waals surface area contributed by atoms with Crippen LogP contribution in [0.3, 0.4) is 0 Å². The molecule has 74 valence electrons. The maximum Gasteiger partial charge on any atom is 0.294 e. The van der Waals surface area contributed by atoms with Crippen LogP contribution in [0, 0.1) is 0 Å². The van der Waals surface area contributed by atoms with Crippen LogP contribution in [0.15, 0.2) is 0 Å². The molecule has 1 heterocycles. The van der Waals surface area contributed by atoms with Gasteiger partial charge in [-0.2, -0.15) is 0 Å². The van der Waals surface area contributed by atoms with Gasteiger partial charge in [-0.3, -0.25) is 0 Å². The fraction of sp³-hybridized carbons (Fsp3) is 0.714. The summed E-state index contributed by atoms with van der Waals surface area (Å²) in [6.07, 6.45) is 0. The van der Waals surface area contributed by atoms with Crippen LogP contribution in [-0.4, -0.2) is 42.3 Å². The van der Waals surface area contributed by atoms with Crippen LogP contribution in [0.2, 0.25) is 0 Å². The van der Waals surface area contributed by atoms with Crippen molar-refractivity contribution in [1.82, 2.24) is 15.1 Å². The number of ether oxygens (including phenoxy) is 1. The van der Waals surface area contributed by atoms with Gasteiger partial charge in [0, 0.05) is 6.54 Å². The molecule has 13 heavy (non-hydrogen) atoms. The summed E-state index contributed by atoms with van der Waals surface area (Å²) < 4.78 is 5.34. The summed E-state index contributed by atoms with van der Waals surface area (Å²) in [6.45, 7) is 1.50. The van der Waals surface area contributed by atoms with Crippen LogP contribution in [-0.2, 0) is 5.88 Å². The Hall–Kier alpha value is -0.390. The molecule has 1 aromatic rings. The third-order valence-corrected chi connectivity index (χ3v) is 2.57. The fourth-order valence-corrected chi connectivity index (χ4v) is 1.44. The first kappa shape index (κ1) is 10.7. The zero-order valence-corrected chi connectivity index (χ0v) is 9.23. The van der Waals surface area contributed by atoms with Crippen molar-refractivity contribution in [2.75, 3.05) is 27.2 Å². The van der Waals surface area contributed by atoms with Gasteiger partial charge in [-0.1, -0.05) is 11.3 Å². The lowest BCUT2D eigenvalue weighted by Crippen LogP contribution is -2.19. The molecular weight excluding hydrogens is 210 g/mol. The monoisotopic (exact) mass is 221 g/mol. The zero-order chi connectivity index (χ0) is 9.68. The van der Waals surface area contributed by atoms with E-state index in [2.05, 4.69) is 10.2 Å². The highest BCUT2D eigenvalue weighted by Gasteiger charge is 2.03. The van der Waals surface area contributed by atoms with E-state index in [0.29, 0.717) is 17.7 Å². The molecular formula is C7H12ClN3OS.